The van der Waals surface area contributed by atoms with E-state index in [0.717, 1.165) is 25.0 Å². The Kier molecular flexibility index (Phi) is 3.09. The monoisotopic (exact) mass is 243 g/mol. The number of hydrogen-bond donors (Lipinski definition) is 1. The lowest BCUT2D eigenvalue weighted by molar-refractivity contribution is -0.137. The normalized spacial score (nSPS) is 15.7. The SMILES string of the molecule is O=C(NCc1cccc(C(F)(F)F)c1)C1CC1. The average molecular weight is 243 g/mol. The minimum Gasteiger partial charge on any atom is -0.352 e. The Hall–Kier alpha value is -1.52. The van der Waals surface area contributed by atoms with Gasteiger partial charge in [0.05, 0.1) is 5.56 Å². The van der Waals surface area contributed by atoms with Crippen molar-refractivity contribution in [1.82, 2.24) is 5.32 Å². The van der Waals surface area contributed by atoms with Gasteiger partial charge in [0, 0.05) is 12.5 Å². The zero-order valence-corrected chi connectivity index (χ0v) is 9.05. The van der Waals surface area contributed by atoms with Crippen molar-refractivity contribution in [1.29, 1.82) is 0 Å². The summed E-state index contributed by atoms with van der Waals surface area (Å²) in [5.74, 6) is 0.00297. The number of rotatable bonds is 3. The molecule has 0 aliphatic heterocycles. The van der Waals surface area contributed by atoms with Crippen LogP contribution in [0.15, 0.2) is 24.3 Å². The van der Waals surface area contributed by atoms with Crippen molar-refractivity contribution in [2.24, 2.45) is 5.92 Å². The molecule has 0 radical (unpaired) electrons. The number of amides is 1. The van der Waals surface area contributed by atoms with Crippen LogP contribution in [0.5, 0.6) is 0 Å². The highest BCUT2D eigenvalue weighted by Crippen LogP contribution is 2.30. The Balaban J connectivity index is 1.98. The first-order chi connectivity index (χ1) is 7.97. The maximum Gasteiger partial charge on any atom is 0.416 e. The molecule has 0 aromatic heterocycles. The van der Waals surface area contributed by atoms with E-state index in [1.165, 1.54) is 6.07 Å². The zero-order valence-electron chi connectivity index (χ0n) is 9.05. The first-order valence-electron chi connectivity index (χ1n) is 5.40. The van der Waals surface area contributed by atoms with Crippen molar-refractivity contribution in [3.05, 3.63) is 35.4 Å². The molecule has 5 heteroatoms. The van der Waals surface area contributed by atoms with Gasteiger partial charge >= 0.3 is 6.18 Å². The first kappa shape index (κ1) is 12.0. The third kappa shape index (κ3) is 3.22. The van der Waals surface area contributed by atoms with Crippen LogP contribution >= 0.6 is 0 Å². The molecule has 0 bridgehead atoms. The molecule has 1 saturated carbocycles. The van der Waals surface area contributed by atoms with E-state index in [9.17, 15) is 18.0 Å². The van der Waals surface area contributed by atoms with Gasteiger partial charge in [-0.3, -0.25) is 4.79 Å². The third-order valence-corrected chi connectivity index (χ3v) is 2.67. The number of carbonyl (C=O) groups is 1. The van der Waals surface area contributed by atoms with Crippen molar-refractivity contribution < 1.29 is 18.0 Å². The van der Waals surface area contributed by atoms with Crippen LogP contribution in [-0.2, 0) is 17.5 Å². The van der Waals surface area contributed by atoms with Gasteiger partial charge in [-0.05, 0) is 30.5 Å². The Labute approximate surface area is 96.8 Å². The number of alkyl halides is 3. The van der Waals surface area contributed by atoms with Gasteiger partial charge in [0.1, 0.15) is 0 Å². The van der Waals surface area contributed by atoms with E-state index >= 15 is 0 Å². The molecule has 2 nitrogen and oxygen atoms in total. The van der Waals surface area contributed by atoms with Crippen LogP contribution < -0.4 is 5.32 Å². The maximum atomic E-state index is 12.4. The number of halogens is 3. The molecule has 1 aliphatic rings. The van der Waals surface area contributed by atoms with E-state index in [4.69, 9.17) is 0 Å². The van der Waals surface area contributed by atoms with Gasteiger partial charge in [0.2, 0.25) is 5.91 Å². The number of benzene rings is 1. The summed E-state index contributed by atoms with van der Waals surface area (Å²) in [4.78, 5) is 11.3. The number of carbonyl (C=O) groups excluding carboxylic acids is 1. The zero-order chi connectivity index (χ0) is 12.5. The summed E-state index contributed by atoms with van der Waals surface area (Å²) in [5, 5.41) is 2.63. The van der Waals surface area contributed by atoms with E-state index in [2.05, 4.69) is 5.32 Å². The molecule has 1 fully saturated rings. The van der Waals surface area contributed by atoms with Gasteiger partial charge in [-0.15, -0.1) is 0 Å². The summed E-state index contributed by atoms with van der Waals surface area (Å²) in [5.41, 5.74) is -0.218. The molecule has 1 aliphatic carbocycles. The number of nitrogens with one attached hydrogen (secondary N) is 1. The van der Waals surface area contributed by atoms with Gasteiger partial charge in [0.15, 0.2) is 0 Å². The highest BCUT2D eigenvalue weighted by molar-refractivity contribution is 5.80. The maximum absolute atomic E-state index is 12.4. The minimum absolute atomic E-state index is 0.0672. The fourth-order valence-electron chi connectivity index (χ4n) is 1.54. The van der Waals surface area contributed by atoms with Crippen LogP contribution in [0.4, 0.5) is 13.2 Å². The van der Waals surface area contributed by atoms with E-state index in [0.29, 0.717) is 5.56 Å². The second kappa shape index (κ2) is 4.39. The summed E-state index contributed by atoms with van der Waals surface area (Å²) in [6.07, 6.45) is -2.57. The van der Waals surface area contributed by atoms with Crippen LogP contribution in [0.1, 0.15) is 24.0 Å². The molecule has 1 aromatic carbocycles. The van der Waals surface area contributed by atoms with Gasteiger partial charge in [-0.1, -0.05) is 12.1 Å². The molecule has 0 unspecified atom stereocenters. The van der Waals surface area contributed by atoms with Crippen molar-refractivity contribution in [3.63, 3.8) is 0 Å². The lowest BCUT2D eigenvalue weighted by Gasteiger charge is -2.09. The van der Waals surface area contributed by atoms with Gasteiger partial charge in [0.25, 0.3) is 0 Å². The molecular weight excluding hydrogens is 231 g/mol. The van der Waals surface area contributed by atoms with Crippen molar-refractivity contribution >= 4 is 5.91 Å². The lowest BCUT2D eigenvalue weighted by atomic mass is 10.1. The third-order valence-electron chi connectivity index (χ3n) is 2.67. The van der Waals surface area contributed by atoms with Crippen molar-refractivity contribution in [2.75, 3.05) is 0 Å². The Morgan fingerprint density at radius 2 is 2.06 bits per heavy atom. The highest BCUT2D eigenvalue weighted by Gasteiger charge is 2.31. The summed E-state index contributed by atoms with van der Waals surface area (Å²) in [6.45, 7) is 0.152. The summed E-state index contributed by atoms with van der Waals surface area (Å²) in [6, 6.07) is 5.00. The van der Waals surface area contributed by atoms with E-state index < -0.39 is 11.7 Å². The van der Waals surface area contributed by atoms with Crippen LogP contribution in [0.25, 0.3) is 0 Å². The second-order valence-corrected chi connectivity index (χ2v) is 4.19. The van der Waals surface area contributed by atoms with Crippen LogP contribution in [0, 0.1) is 5.92 Å². The molecule has 1 amide bonds. The predicted molar refractivity (Wildman–Crippen MR) is 56.0 cm³/mol. The van der Waals surface area contributed by atoms with E-state index in [1.807, 2.05) is 0 Å². The fraction of sp³-hybridized carbons (Fsp3) is 0.417. The minimum atomic E-state index is -4.34. The molecule has 0 atom stereocenters. The second-order valence-electron chi connectivity index (χ2n) is 4.19. The summed E-state index contributed by atoms with van der Waals surface area (Å²) in [7, 11) is 0. The molecule has 0 heterocycles. The Bertz CT molecular complexity index is 424. The quantitative estimate of drug-likeness (QED) is 0.868. The van der Waals surface area contributed by atoms with E-state index in [1.54, 1.807) is 6.07 Å². The van der Waals surface area contributed by atoms with Crippen molar-refractivity contribution in [3.8, 4) is 0 Å². The molecule has 0 saturated heterocycles. The number of hydrogen-bond acceptors (Lipinski definition) is 1. The Morgan fingerprint density at radius 1 is 1.35 bits per heavy atom. The largest absolute Gasteiger partial charge is 0.416 e. The topological polar surface area (TPSA) is 29.1 Å². The van der Waals surface area contributed by atoms with E-state index in [-0.39, 0.29) is 18.4 Å². The molecule has 2 rings (SSSR count). The van der Waals surface area contributed by atoms with Gasteiger partial charge in [-0.25, -0.2) is 0 Å². The van der Waals surface area contributed by atoms with Crippen LogP contribution in [-0.4, -0.2) is 5.91 Å². The molecule has 92 valence electrons. The molecule has 1 N–H and O–H groups in total. The smallest absolute Gasteiger partial charge is 0.352 e. The summed E-state index contributed by atoms with van der Waals surface area (Å²) < 4.78 is 37.3. The van der Waals surface area contributed by atoms with Crippen LogP contribution in [0.2, 0.25) is 0 Å². The Morgan fingerprint density at radius 3 is 2.65 bits per heavy atom. The average Bonchev–Trinajstić information content (AvgIpc) is 3.09. The molecule has 17 heavy (non-hydrogen) atoms. The fourth-order valence-corrected chi connectivity index (χ4v) is 1.54. The van der Waals surface area contributed by atoms with Crippen LogP contribution in [0.3, 0.4) is 0 Å². The van der Waals surface area contributed by atoms with Gasteiger partial charge < -0.3 is 5.32 Å². The molecular formula is C12H12F3NO. The summed E-state index contributed by atoms with van der Waals surface area (Å²) >= 11 is 0. The molecule has 0 spiro atoms. The molecule has 1 aromatic rings. The first-order valence-corrected chi connectivity index (χ1v) is 5.40. The lowest BCUT2D eigenvalue weighted by Crippen LogP contribution is -2.24. The van der Waals surface area contributed by atoms with Gasteiger partial charge in [-0.2, -0.15) is 13.2 Å². The predicted octanol–water partition coefficient (Wildman–Crippen LogP) is 2.73. The highest BCUT2D eigenvalue weighted by atomic mass is 19.4. The standard InChI is InChI=1S/C12H12F3NO/c13-12(14,15)10-3-1-2-8(6-10)7-16-11(17)9-4-5-9/h1-3,6,9H,4-5,7H2,(H,16,17). The van der Waals surface area contributed by atoms with Crippen molar-refractivity contribution in [2.45, 2.75) is 25.6 Å².